The van der Waals surface area contributed by atoms with Crippen LogP contribution in [0.25, 0.3) is 0 Å². The number of fused-ring (bicyclic) bond motifs is 2. The molecule has 0 aromatic heterocycles. The maximum atomic E-state index is 12.6. The van der Waals surface area contributed by atoms with Gasteiger partial charge in [-0.25, -0.2) is 0 Å². The standard InChI is InChI=1S/C16H23NO2.C15H21NO2.2CO2/c1-12-7-8-13-14(11-12)17(9-5-6-10-19-4)15(18)16(13,2)3;1-15(2)12-8-4-5-9-13(12)16(14(15)17)10-6-7-11-18-3;2*2-1-3/h7-8,11H,5-6,9-10H2,1-4H3;4-5,8-9H,6-7,10-11H2,1-3H3;;. The molecule has 2 amide bonds. The number of anilines is 2. The summed E-state index contributed by atoms with van der Waals surface area (Å²) in [5.41, 5.74) is 4.86. The zero-order valence-corrected chi connectivity index (χ0v) is 26.4. The van der Waals surface area contributed by atoms with Crippen LogP contribution in [0.5, 0.6) is 0 Å². The molecule has 0 fully saturated rings. The number of methoxy groups -OCH3 is 2. The Morgan fingerprint density at radius 3 is 1.53 bits per heavy atom. The van der Waals surface area contributed by atoms with E-state index in [0.29, 0.717) is 0 Å². The van der Waals surface area contributed by atoms with Gasteiger partial charge in [0.1, 0.15) is 0 Å². The highest BCUT2D eigenvalue weighted by molar-refractivity contribution is 6.08. The van der Waals surface area contributed by atoms with Crippen LogP contribution in [0.2, 0.25) is 0 Å². The average Bonchev–Trinajstić information content (AvgIpc) is 3.28. The summed E-state index contributed by atoms with van der Waals surface area (Å²) >= 11 is 0. The van der Waals surface area contributed by atoms with Crippen LogP contribution in [0, 0.1) is 6.92 Å². The molecule has 2 aromatic rings. The SMILES string of the molecule is COCCCCN1C(=O)C(C)(C)c2ccc(C)cc21.COCCCCN1C(=O)C(C)(C)c2ccccc21.O=C=O.O=C=O. The normalized spacial score (nSPS) is 15.0. The number of benzene rings is 2. The van der Waals surface area contributed by atoms with E-state index in [4.69, 9.17) is 28.7 Å². The second kappa shape index (κ2) is 17.9. The van der Waals surface area contributed by atoms with E-state index in [1.54, 1.807) is 14.2 Å². The summed E-state index contributed by atoms with van der Waals surface area (Å²) in [7, 11) is 3.42. The number of rotatable bonds is 10. The fourth-order valence-corrected chi connectivity index (χ4v) is 5.23. The number of carbonyl (C=O) groups excluding carboxylic acids is 6. The lowest BCUT2D eigenvalue weighted by Gasteiger charge is -2.20. The minimum absolute atomic E-state index is 0.209. The summed E-state index contributed by atoms with van der Waals surface area (Å²) in [6.45, 7) is 13.2. The third-order valence-corrected chi connectivity index (χ3v) is 7.51. The zero-order chi connectivity index (χ0) is 32.6. The van der Waals surface area contributed by atoms with Crippen molar-refractivity contribution in [1.29, 1.82) is 0 Å². The molecule has 0 saturated carbocycles. The molecule has 0 spiro atoms. The van der Waals surface area contributed by atoms with Crippen LogP contribution < -0.4 is 9.80 Å². The Bertz CT molecular complexity index is 1260. The van der Waals surface area contributed by atoms with Gasteiger partial charge in [-0.15, -0.1) is 0 Å². The lowest BCUT2D eigenvalue weighted by atomic mass is 9.86. The number of ether oxygens (including phenoxy) is 2. The van der Waals surface area contributed by atoms with Gasteiger partial charge in [-0.05, 0) is 89.1 Å². The quantitative estimate of drug-likeness (QED) is 0.364. The fraction of sp³-hybridized carbons (Fsp3) is 0.515. The maximum Gasteiger partial charge on any atom is 0.373 e. The highest BCUT2D eigenvalue weighted by atomic mass is 16.5. The van der Waals surface area contributed by atoms with Gasteiger partial charge < -0.3 is 19.3 Å². The van der Waals surface area contributed by atoms with Crippen molar-refractivity contribution < 1.29 is 38.2 Å². The molecule has 0 atom stereocenters. The smallest absolute Gasteiger partial charge is 0.373 e. The predicted molar refractivity (Wildman–Crippen MR) is 161 cm³/mol. The largest absolute Gasteiger partial charge is 0.385 e. The molecule has 43 heavy (non-hydrogen) atoms. The molecule has 0 aliphatic carbocycles. The van der Waals surface area contributed by atoms with Gasteiger partial charge in [0.05, 0.1) is 10.8 Å². The lowest BCUT2D eigenvalue weighted by Crippen LogP contribution is -2.36. The Hall–Kier alpha value is -3.94. The molecule has 0 radical (unpaired) electrons. The number of unbranched alkanes of at least 4 members (excludes halogenated alkanes) is 2. The summed E-state index contributed by atoms with van der Waals surface area (Å²) in [5, 5.41) is 0. The topological polar surface area (TPSA) is 127 Å². The van der Waals surface area contributed by atoms with Crippen molar-refractivity contribution >= 4 is 35.5 Å². The minimum Gasteiger partial charge on any atom is -0.385 e. The number of hydrogen-bond donors (Lipinski definition) is 0. The van der Waals surface area contributed by atoms with Crippen LogP contribution >= 0.6 is 0 Å². The Morgan fingerprint density at radius 1 is 0.651 bits per heavy atom. The molecule has 2 aliphatic heterocycles. The van der Waals surface area contributed by atoms with Gasteiger partial charge in [0.25, 0.3) is 0 Å². The average molecular weight is 597 g/mol. The summed E-state index contributed by atoms with van der Waals surface area (Å²) < 4.78 is 10.1. The third kappa shape index (κ3) is 9.53. The van der Waals surface area contributed by atoms with Crippen molar-refractivity contribution in [1.82, 2.24) is 0 Å². The first-order valence-corrected chi connectivity index (χ1v) is 14.2. The summed E-state index contributed by atoms with van der Waals surface area (Å²) in [6, 6.07) is 14.4. The summed E-state index contributed by atoms with van der Waals surface area (Å²) in [6.07, 6.45) is 4.43. The van der Waals surface area contributed by atoms with Gasteiger partial charge in [0, 0.05) is 51.9 Å². The van der Waals surface area contributed by atoms with Gasteiger partial charge >= 0.3 is 12.3 Å². The van der Waals surface area contributed by atoms with Crippen LogP contribution in [-0.2, 0) is 49.1 Å². The van der Waals surface area contributed by atoms with E-state index in [-0.39, 0.29) is 24.1 Å². The van der Waals surface area contributed by atoms with Crippen molar-refractivity contribution in [2.75, 3.05) is 50.3 Å². The van der Waals surface area contributed by atoms with E-state index in [1.807, 2.05) is 55.7 Å². The number of hydrogen-bond acceptors (Lipinski definition) is 8. The van der Waals surface area contributed by atoms with Gasteiger partial charge in [0.15, 0.2) is 0 Å². The molecule has 0 unspecified atom stereocenters. The first-order chi connectivity index (χ1) is 20.4. The van der Waals surface area contributed by atoms with E-state index < -0.39 is 10.8 Å². The molecular weight excluding hydrogens is 552 g/mol. The zero-order valence-electron chi connectivity index (χ0n) is 26.4. The second-order valence-electron chi connectivity index (χ2n) is 11.3. The molecule has 2 aromatic carbocycles. The van der Waals surface area contributed by atoms with Crippen LogP contribution in [0.15, 0.2) is 42.5 Å². The van der Waals surface area contributed by atoms with Crippen molar-refractivity contribution in [3.8, 4) is 0 Å². The third-order valence-electron chi connectivity index (χ3n) is 7.51. The van der Waals surface area contributed by atoms with E-state index >= 15 is 0 Å². The van der Waals surface area contributed by atoms with Crippen molar-refractivity contribution in [3.63, 3.8) is 0 Å². The fourth-order valence-electron chi connectivity index (χ4n) is 5.23. The number of para-hydroxylation sites is 1. The van der Waals surface area contributed by atoms with Gasteiger partial charge in [-0.3, -0.25) is 9.59 Å². The second-order valence-corrected chi connectivity index (χ2v) is 11.3. The van der Waals surface area contributed by atoms with Crippen LogP contribution in [0.1, 0.15) is 70.1 Å². The van der Waals surface area contributed by atoms with E-state index in [0.717, 1.165) is 74.5 Å². The molecule has 10 nitrogen and oxygen atoms in total. The van der Waals surface area contributed by atoms with Gasteiger partial charge in [-0.1, -0.05) is 30.3 Å². The van der Waals surface area contributed by atoms with E-state index in [9.17, 15) is 9.59 Å². The number of amides is 2. The molecular formula is C33H44N2O8. The van der Waals surface area contributed by atoms with Crippen LogP contribution in [-0.4, -0.2) is 64.6 Å². The molecule has 10 heteroatoms. The monoisotopic (exact) mass is 596 g/mol. The van der Waals surface area contributed by atoms with Gasteiger partial charge in [-0.2, -0.15) is 19.2 Å². The molecule has 4 rings (SSSR count). The Labute approximate surface area is 254 Å². The molecule has 2 aliphatic rings. The summed E-state index contributed by atoms with van der Waals surface area (Å²) in [4.78, 5) is 61.4. The molecule has 234 valence electrons. The molecule has 0 bridgehead atoms. The lowest BCUT2D eigenvalue weighted by molar-refractivity contribution is -0.193. The molecule has 2 heterocycles. The van der Waals surface area contributed by atoms with Crippen molar-refractivity contribution in [2.24, 2.45) is 0 Å². The minimum atomic E-state index is -0.399. The highest BCUT2D eigenvalue weighted by Gasteiger charge is 2.44. The number of carbonyl (C=O) groups is 2. The van der Waals surface area contributed by atoms with Crippen LogP contribution in [0.3, 0.4) is 0 Å². The Balaban J connectivity index is 0.000000364. The molecule has 0 saturated heterocycles. The number of nitrogens with zero attached hydrogens (tertiary/aromatic N) is 2. The Kier molecular flexibility index (Phi) is 15.4. The molecule has 0 N–H and O–H groups in total. The highest BCUT2D eigenvalue weighted by Crippen LogP contribution is 2.42. The van der Waals surface area contributed by atoms with Crippen LogP contribution in [0.4, 0.5) is 11.4 Å². The van der Waals surface area contributed by atoms with Crippen molar-refractivity contribution in [3.05, 3.63) is 59.2 Å². The van der Waals surface area contributed by atoms with E-state index in [1.165, 1.54) is 5.56 Å². The summed E-state index contributed by atoms with van der Waals surface area (Å²) in [5.74, 6) is 0.423. The maximum absolute atomic E-state index is 12.6. The first-order valence-electron chi connectivity index (χ1n) is 14.2. The Morgan fingerprint density at radius 2 is 1.07 bits per heavy atom. The predicted octanol–water partition coefficient (Wildman–Crippen LogP) is 4.62. The first kappa shape index (κ1) is 37.1. The van der Waals surface area contributed by atoms with Gasteiger partial charge in [0.2, 0.25) is 11.8 Å². The number of aryl methyl sites for hydroxylation is 1. The van der Waals surface area contributed by atoms with Crippen molar-refractivity contribution in [2.45, 2.75) is 71.1 Å². The van der Waals surface area contributed by atoms with E-state index in [2.05, 4.69) is 31.2 Å².